The van der Waals surface area contributed by atoms with Crippen LogP contribution in [0, 0.1) is 6.92 Å². The molecular weight excluding hydrogens is 288 g/mol. The Hall–Kier alpha value is -2.90. The molecule has 0 aromatic carbocycles. The Morgan fingerprint density at radius 2 is 2.23 bits per heavy atom. The Bertz CT molecular complexity index is 919. The third-order valence-electron chi connectivity index (χ3n) is 3.42. The third kappa shape index (κ3) is 2.18. The van der Waals surface area contributed by atoms with E-state index in [1.807, 2.05) is 0 Å². The molecule has 3 rings (SSSR count). The lowest BCUT2D eigenvalue weighted by Crippen LogP contribution is -2.20. The van der Waals surface area contributed by atoms with Gasteiger partial charge in [-0.05, 0) is 13.0 Å². The summed E-state index contributed by atoms with van der Waals surface area (Å²) in [6.07, 6.45) is 2.91. The zero-order chi connectivity index (χ0) is 15.9. The van der Waals surface area contributed by atoms with Crippen molar-refractivity contribution in [1.82, 2.24) is 19.3 Å². The SMILES string of the molecule is COC(=O)c1cc(Cn2cnc3c(cnn3C)c2=O)oc1C. The molecule has 3 heterocycles. The number of nitrogens with zero attached hydrogens (tertiary/aromatic N) is 4. The molecule has 0 N–H and O–H groups in total. The average molecular weight is 302 g/mol. The highest BCUT2D eigenvalue weighted by Crippen LogP contribution is 2.16. The first-order valence-corrected chi connectivity index (χ1v) is 6.56. The van der Waals surface area contributed by atoms with Crippen molar-refractivity contribution in [3.63, 3.8) is 0 Å². The molecule has 0 aliphatic rings. The van der Waals surface area contributed by atoms with E-state index in [-0.39, 0.29) is 12.1 Å². The Morgan fingerprint density at radius 3 is 2.95 bits per heavy atom. The van der Waals surface area contributed by atoms with Crippen LogP contribution in [0.1, 0.15) is 21.9 Å². The number of hydrogen-bond acceptors (Lipinski definition) is 6. The highest BCUT2D eigenvalue weighted by Gasteiger charge is 2.16. The molecule has 0 amide bonds. The lowest BCUT2D eigenvalue weighted by atomic mass is 10.2. The third-order valence-corrected chi connectivity index (χ3v) is 3.42. The Kier molecular flexibility index (Phi) is 3.28. The summed E-state index contributed by atoms with van der Waals surface area (Å²) in [7, 11) is 3.02. The maximum absolute atomic E-state index is 12.4. The highest BCUT2D eigenvalue weighted by molar-refractivity contribution is 5.90. The Morgan fingerprint density at radius 1 is 1.45 bits per heavy atom. The van der Waals surface area contributed by atoms with Gasteiger partial charge in [0.25, 0.3) is 5.56 Å². The van der Waals surface area contributed by atoms with Gasteiger partial charge >= 0.3 is 5.97 Å². The number of carbonyl (C=O) groups excluding carboxylic acids is 1. The van der Waals surface area contributed by atoms with Crippen LogP contribution in [0.2, 0.25) is 0 Å². The lowest BCUT2D eigenvalue weighted by molar-refractivity contribution is 0.0599. The second-order valence-corrected chi connectivity index (χ2v) is 4.86. The van der Waals surface area contributed by atoms with Crippen molar-refractivity contribution in [2.24, 2.45) is 7.05 Å². The van der Waals surface area contributed by atoms with Crippen molar-refractivity contribution >= 4 is 17.0 Å². The number of fused-ring (bicyclic) bond motifs is 1. The zero-order valence-corrected chi connectivity index (χ0v) is 12.4. The zero-order valence-electron chi connectivity index (χ0n) is 12.4. The molecule has 0 saturated carbocycles. The van der Waals surface area contributed by atoms with Crippen LogP contribution in [0.4, 0.5) is 0 Å². The molecule has 3 aromatic rings. The van der Waals surface area contributed by atoms with E-state index in [1.54, 1.807) is 20.0 Å². The van der Waals surface area contributed by atoms with Crippen molar-refractivity contribution in [2.75, 3.05) is 7.11 Å². The molecule has 0 unspecified atom stereocenters. The standard InChI is InChI=1S/C14H14N4O4/c1-8-10(14(20)21-3)4-9(22-8)6-18-7-15-12-11(13(18)19)5-16-17(12)2/h4-5,7H,6H2,1-3H3. The maximum Gasteiger partial charge on any atom is 0.341 e. The van der Waals surface area contributed by atoms with Crippen molar-refractivity contribution in [1.29, 1.82) is 0 Å². The van der Waals surface area contributed by atoms with Gasteiger partial charge in [-0.15, -0.1) is 0 Å². The van der Waals surface area contributed by atoms with Crippen LogP contribution >= 0.6 is 0 Å². The molecule has 0 radical (unpaired) electrons. The van der Waals surface area contributed by atoms with Crippen LogP contribution in [0.3, 0.4) is 0 Å². The van der Waals surface area contributed by atoms with E-state index in [0.717, 1.165) is 0 Å². The minimum atomic E-state index is -0.472. The van der Waals surface area contributed by atoms with Crippen molar-refractivity contribution in [2.45, 2.75) is 13.5 Å². The second kappa shape index (κ2) is 5.14. The van der Waals surface area contributed by atoms with E-state index in [2.05, 4.69) is 14.8 Å². The van der Waals surface area contributed by atoms with Gasteiger partial charge in [0.15, 0.2) is 5.65 Å². The predicted molar refractivity (Wildman–Crippen MR) is 76.7 cm³/mol. The summed E-state index contributed by atoms with van der Waals surface area (Å²) in [6, 6.07) is 1.57. The quantitative estimate of drug-likeness (QED) is 0.666. The number of aryl methyl sites for hydroxylation is 2. The van der Waals surface area contributed by atoms with Gasteiger partial charge in [-0.1, -0.05) is 0 Å². The first-order chi connectivity index (χ1) is 10.5. The van der Waals surface area contributed by atoms with Gasteiger partial charge in [-0.3, -0.25) is 14.0 Å². The predicted octanol–water partition coefficient (Wildman–Crippen LogP) is 0.866. The topological polar surface area (TPSA) is 92.2 Å². The molecule has 3 aromatic heterocycles. The first kappa shape index (κ1) is 14.1. The number of rotatable bonds is 3. The Labute approximate surface area is 124 Å². The van der Waals surface area contributed by atoms with Crippen LogP contribution in [-0.4, -0.2) is 32.4 Å². The summed E-state index contributed by atoms with van der Waals surface area (Å²) in [5.74, 6) is 0.455. The highest BCUT2D eigenvalue weighted by atomic mass is 16.5. The molecule has 0 aliphatic heterocycles. The van der Waals surface area contributed by atoms with Gasteiger partial charge in [-0.25, -0.2) is 9.78 Å². The summed E-state index contributed by atoms with van der Waals surface area (Å²) in [4.78, 5) is 28.1. The molecule has 22 heavy (non-hydrogen) atoms. The molecule has 0 aliphatic carbocycles. The van der Waals surface area contributed by atoms with Gasteiger partial charge in [0.05, 0.1) is 19.9 Å². The van der Waals surface area contributed by atoms with Crippen LogP contribution in [0.15, 0.2) is 27.8 Å². The van der Waals surface area contributed by atoms with Gasteiger partial charge in [-0.2, -0.15) is 5.10 Å². The van der Waals surface area contributed by atoms with Crippen molar-refractivity contribution in [3.8, 4) is 0 Å². The number of furan rings is 1. The largest absolute Gasteiger partial charge is 0.465 e. The molecule has 0 atom stereocenters. The average Bonchev–Trinajstić information content (AvgIpc) is 3.05. The van der Waals surface area contributed by atoms with Crippen molar-refractivity contribution < 1.29 is 13.9 Å². The minimum absolute atomic E-state index is 0.175. The smallest absolute Gasteiger partial charge is 0.341 e. The van der Waals surface area contributed by atoms with Gasteiger partial charge in [0.2, 0.25) is 0 Å². The minimum Gasteiger partial charge on any atom is -0.465 e. The van der Waals surface area contributed by atoms with E-state index in [1.165, 1.54) is 28.9 Å². The maximum atomic E-state index is 12.4. The van der Waals surface area contributed by atoms with Crippen LogP contribution < -0.4 is 5.56 Å². The fourth-order valence-electron chi connectivity index (χ4n) is 2.28. The van der Waals surface area contributed by atoms with E-state index in [4.69, 9.17) is 4.42 Å². The van der Waals surface area contributed by atoms with Crippen LogP contribution in [0.25, 0.3) is 11.0 Å². The fraction of sp³-hybridized carbons (Fsp3) is 0.286. The van der Waals surface area contributed by atoms with E-state index < -0.39 is 5.97 Å². The number of hydrogen-bond donors (Lipinski definition) is 0. The molecule has 8 heteroatoms. The number of carbonyl (C=O) groups is 1. The van der Waals surface area contributed by atoms with Crippen LogP contribution in [-0.2, 0) is 18.3 Å². The normalized spacial score (nSPS) is 11.0. The molecule has 0 spiro atoms. The molecular formula is C14H14N4O4. The number of esters is 1. The van der Waals surface area contributed by atoms with E-state index in [9.17, 15) is 9.59 Å². The van der Waals surface area contributed by atoms with Crippen LogP contribution in [0.5, 0.6) is 0 Å². The van der Waals surface area contributed by atoms with E-state index in [0.29, 0.717) is 28.1 Å². The lowest BCUT2D eigenvalue weighted by Gasteiger charge is -2.02. The summed E-state index contributed by atoms with van der Waals surface area (Å²) in [5.41, 5.74) is 0.653. The summed E-state index contributed by atoms with van der Waals surface area (Å²) >= 11 is 0. The van der Waals surface area contributed by atoms with Gasteiger partial charge in [0, 0.05) is 7.05 Å². The van der Waals surface area contributed by atoms with E-state index >= 15 is 0 Å². The number of aromatic nitrogens is 4. The molecule has 0 fully saturated rings. The van der Waals surface area contributed by atoms with Crippen molar-refractivity contribution in [3.05, 3.63) is 46.0 Å². The number of methoxy groups -OCH3 is 1. The fourth-order valence-corrected chi connectivity index (χ4v) is 2.28. The molecule has 0 saturated heterocycles. The molecule has 8 nitrogen and oxygen atoms in total. The summed E-state index contributed by atoms with van der Waals surface area (Å²) in [5, 5.41) is 4.45. The monoisotopic (exact) mass is 302 g/mol. The van der Waals surface area contributed by atoms with Gasteiger partial charge < -0.3 is 9.15 Å². The van der Waals surface area contributed by atoms with Gasteiger partial charge in [0.1, 0.15) is 28.8 Å². The molecule has 0 bridgehead atoms. The first-order valence-electron chi connectivity index (χ1n) is 6.56. The summed E-state index contributed by atoms with van der Waals surface area (Å²) < 4.78 is 13.1. The summed E-state index contributed by atoms with van der Waals surface area (Å²) in [6.45, 7) is 1.84. The number of ether oxygens (including phenoxy) is 1. The second-order valence-electron chi connectivity index (χ2n) is 4.86. The molecule has 114 valence electrons. The Balaban J connectivity index is 1.98.